The fraction of sp³-hybridized carbons (Fsp3) is 0.588. The molecule has 1 rings (SSSR count). The topological polar surface area (TPSA) is 41.1 Å². The highest BCUT2D eigenvalue weighted by molar-refractivity contribution is 5.92. The lowest BCUT2D eigenvalue weighted by molar-refractivity contribution is -0.115. The summed E-state index contributed by atoms with van der Waals surface area (Å²) in [6, 6.07) is 6.56. The minimum absolute atomic E-state index is 0.0592. The summed E-state index contributed by atoms with van der Waals surface area (Å²) in [6.07, 6.45) is 5.23. The molecule has 0 bridgehead atoms. The molecule has 112 valence electrons. The SMILES string of the molecule is CCCC(CCC)Nc1cccc(NC(=O)CC)c1C. The maximum atomic E-state index is 11.5. The molecule has 0 heterocycles. The van der Waals surface area contributed by atoms with E-state index in [1.54, 1.807) is 0 Å². The zero-order chi connectivity index (χ0) is 15.0. The monoisotopic (exact) mass is 276 g/mol. The average molecular weight is 276 g/mol. The minimum Gasteiger partial charge on any atom is -0.382 e. The highest BCUT2D eigenvalue weighted by atomic mass is 16.1. The summed E-state index contributed by atoms with van der Waals surface area (Å²) in [5, 5.41) is 6.59. The van der Waals surface area contributed by atoms with Crippen molar-refractivity contribution < 1.29 is 4.79 Å². The number of carbonyl (C=O) groups excluding carboxylic acids is 1. The van der Waals surface area contributed by atoms with Crippen molar-refractivity contribution in [2.75, 3.05) is 10.6 Å². The molecule has 1 amide bonds. The number of anilines is 2. The summed E-state index contributed by atoms with van der Waals surface area (Å²) >= 11 is 0. The van der Waals surface area contributed by atoms with Crippen LogP contribution in [-0.2, 0) is 4.79 Å². The number of hydrogen-bond acceptors (Lipinski definition) is 2. The molecule has 0 aliphatic carbocycles. The van der Waals surface area contributed by atoms with Crippen molar-refractivity contribution in [3.05, 3.63) is 23.8 Å². The first-order valence-corrected chi connectivity index (χ1v) is 7.78. The maximum absolute atomic E-state index is 11.5. The van der Waals surface area contributed by atoms with Crippen LogP contribution < -0.4 is 10.6 Å². The van der Waals surface area contributed by atoms with Crippen LogP contribution in [0.1, 0.15) is 58.4 Å². The van der Waals surface area contributed by atoms with Gasteiger partial charge in [-0.3, -0.25) is 4.79 Å². The summed E-state index contributed by atoms with van der Waals surface area (Å²) in [5.74, 6) is 0.0592. The van der Waals surface area contributed by atoms with Crippen molar-refractivity contribution in [3.63, 3.8) is 0 Å². The molecule has 0 unspecified atom stereocenters. The van der Waals surface area contributed by atoms with E-state index < -0.39 is 0 Å². The molecule has 3 heteroatoms. The van der Waals surface area contributed by atoms with Crippen LogP contribution in [0.2, 0.25) is 0 Å². The van der Waals surface area contributed by atoms with Gasteiger partial charge in [-0.15, -0.1) is 0 Å². The summed E-state index contributed by atoms with van der Waals surface area (Å²) < 4.78 is 0. The quantitative estimate of drug-likeness (QED) is 0.721. The molecule has 0 saturated heterocycles. The molecule has 1 aromatic carbocycles. The van der Waals surface area contributed by atoms with Crippen LogP contribution in [0.25, 0.3) is 0 Å². The summed E-state index contributed by atoms with van der Waals surface area (Å²) in [5.41, 5.74) is 3.16. The third-order valence-corrected chi connectivity index (χ3v) is 3.56. The smallest absolute Gasteiger partial charge is 0.224 e. The van der Waals surface area contributed by atoms with Crippen molar-refractivity contribution in [3.8, 4) is 0 Å². The number of benzene rings is 1. The number of carbonyl (C=O) groups is 1. The van der Waals surface area contributed by atoms with E-state index in [-0.39, 0.29) is 5.91 Å². The van der Waals surface area contributed by atoms with E-state index in [0.29, 0.717) is 12.5 Å². The second-order valence-corrected chi connectivity index (χ2v) is 5.30. The van der Waals surface area contributed by atoms with Crippen LogP contribution in [0.5, 0.6) is 0 Å². The lowest BCUT2D eigenvalue weighted by atomic mass is 10.0. The fourth-order valence-electron chi connectivity index (χ4n) is 2.37. The first-order chi connectivity index (χ1) is 9.62. The Labute approximate surface area is 123 Å². The van der Waals surface area contributed by atoms with Crippen LogP contribution in [0, 0.1) is 6.92 Å². The number of amides is 1. The van der Waals surface area contributed by atoms with Crippen LogP contribution in [0.3, 0.4) is 0 Å². The van der Waals surface area contributed by atoms with Gasteiger partial charge in [-0.25, -0.2) is 0 Å². The summed E-state index contributed by atoms with van der Waals surface area (Å²) in [7, 11) is 0. The van der Waals surface area contributed by atoms with Crippen molar-refractivity contribution in [1.29, 1.82) is 0 Å². The predicted octanol–water partition coefficient (Wildman–Crippen LogP) is 4.72. The Morgan fingerprint density at radius 3 is 2.25 bits per heavy atom. The molecule has 3 nitrogen and oxygen atoms in total. The van der Waals surface area contributed by atoms with Gasteiger partial charge in [0.1, 0.15) is 0 Å². The van der Waals surface area contributed by atoms with E-state index in [9.17, 15) is 4.79 Å². The third kappa shape index (κ3) is 4.87. The third-order valence-electron chi connectivity index (χ3n) is 3.56. The largest absolute Gasteiger partial charge is 0.382 e. The molecule has 0 radical (unpaired) electrons. The second-order valence-electron chi connectivity index (χ2n) is 5.30. The van der Waals surface area contributed by atoms with Gasteiger partial charge in [0.2, 0.25) is 5.91 Å². The lowest BCUT2D eigenvalue weighted by Gasteiger charge is -2.21. The Bertz CT molecular complexity index is 423. The van der Waals surface area contributed by atoms with Gasteiger partial charge in [-0.1, -0.05) is 39.7 Å². The summed E-state index contributed by atoms with van der Waals surface area (Å²) in [6.45, 7) is 8.36. The molecular weight excluding hydrogens is 248 g/mol. The first kappa shape index (κ1) is 16.5. The molecular formula is C17H28N2O. The maximum Gasteiger partial charge on any atom is 0.224 e. The predicted molar refractivity (Wildman–Crippen MR) is 87.3 cm³/mol. The first-order valence-electron chi connectivity index (χ1n) is 7.78. The van der Waals surface area contributed by atoms with Crippen molar-refractivity contribution in [1.82, 2.24) is 0 Å². The second kappa shape index (κ2) is 8.62. The van der Waals surface area contributed by atoms with Gasteiger partial charge in [0.25, 0.3) is 0 Å². The Kier molecular flexibility index (Phi) is 7.13. The highest BCUT2D eigenvalue weighted by Gasteiger charge is 2.10. The molecule has 0 aliphatic rings. The molecule has 0 spiro atoms. The van der Waals surface area contributed by atoms with Gasteiger partial charge in [0, 0.05) is 23.8 Å². The Balaban J connectivity index is 2.84. The number of rotatable bonds is 8. The normalized spacial score (nSPS) is 10.7. The molecule has 0 fully saturated rings. The van der Waals surface area contributed by atoms with Gasteiger partial charge in [0.15, 0.2) is 0 Å². The van der Waals surface area contributed by atoms with Gasteiger partial charge in [0.05, 0.1) is 0 Å². The highest BCUT2D eigenvalue weighted by Crippen LogP contribution is 2.25. The van der Waals surface area contributed by atoms with Crippen LogP contribution in [0.15, 0.2) is 18.2 Å². The Morgan fingerprint density at radius 1 is 1.10 bits per heavy atom. The van der Waals surface area contributed by atoms with Gasteiger partial charge in [-0.05, 0) is 37.5 Å². The minimum atomic E-state index is 0.0592. The van der Waals surface area contributed by atoms with E-state index in [4.69, 9.17) is 0 Å². The van der Waals surface area contributed by atoms with E-state index in [1.807, 2.05) is 19.1 Å². The zero-order valence-electron chi connectivity index (χ0n) is 13.3. The van der Waals surface area contributed by atoms with Gasteiger partial charge < -0.3 is 10.6 Å². The molecule has 0 aliphatic heterocycles. The van der Waals surface area contributed by atoms with Gasteiger partial charge in [-0.2, -0.15) is 0 Å². The molecule has 2 N–H and O–H groups in total. The Morgan fingerprint density at radius 2 is 1.70 bits per heavy atom. The standard InChI is InChI=1S/C17H28N2O/c1-5-9-14(10-6-2)18-15-11-8-12-16(13(15)4)19-17(20)7-3/h8,11-12,14,18H,5-7,9-10H2,1-4H3,(H,19,20). The van der Waals surface area contributed by atoms with Gasteiger partial charge >= 0.3 is 0 Å². The van der Waals surface area contributed by atoms with Crippen molar-refractivity contribution in [2.45, 2.75) is 65.8 Å². The zero-order valence-corrected chi connectivity index (χ0v) is 13.3. The average Bonchev–Trinajstić information content (AvgIpc) is 2.43. The number of hydrogen-bond donors (Lipinski definition) is 2. The summed E-state index contributed by atoms with van der Waals surface area (Å²) in [4.78, 5) is 11.5. The fourth-order valence-corrected chi connectivity index (χ4v) is 2.37. The molecule has 0 saturated carbocycles. The van der Waals surface area contributed by atoms with E-state index in [0.717, 1.165) is 16.9 Å². The Hall–Kier alpha value is -1.51. The van der Waals surface area contributed by atoms with Crippen LogP contribution in [0.4, 0.5) is 11.4 Å². The lowest BCUT2D eigenvalue weighted by Crippen LogP contribution is -2.20. The van der Waals surface area contributed by atoms with Crippen LogP contribution in [-0.4, -0.2) is 11.9 Å². The van der Waals surface area contributed by atoms with Crippen molar-refractivity contribution in [2.24, 2.45) is 0 Å². The van der Waals surface area contributed by atoms with Crippen molar-refractivity contribution >= 4 is 17.3 Å². The molecule has 1 aromatic rings. The van der Waals surface area contributed by atoms with E-state index in [1.165, 1.54) is 25.7 Å². The molecule has 20 heavy (non-hydrogen) atoms. The van der Waals surface area contributed by atoms with Crippen LogP contribution >= 0.6 is 0 Å². The number of nitrogens with one attached hydrogen (secondary N) is 2. The van der Waals surface area contributed by atoms with E-state index >= 15 is 0 Å². The molecule has 0 atom stereocenters. The van der Waals surface area contributed by atoms with E-state index in [2.05, 4.69) is 37.5 Å². The molecule has 0 aromatic heterocycles.